The number of nitrogens with zero attached hydrogens (tertiary/aromatic N) is 4. The summed E-state index contributed by atoms with van der Waals surface area (Å²) in [5.41, 5.74) is 4.57. The molecule has 32 heavy (non-hydrogen) atoms. The van der Waals surface area contributed by atoms with E-state index in [1.807, 2.05) is 6.92 Å². The smallest absolute Gasteiger partial charge is 0.283 e. The Morgan fingerprint density at radius 1 is 1.09 bits per heavy atom. The van der Waals surface area contributed by atoms with Crippen LogP contribution in [0.15, 0.2) is 52.4 Å². The second-order valence-corrected chi connectivity index (χ2v) is 9.53. The highest BCUT2D eigenvalue weighted by molar-refractivity contribution is 7.18. The minimum absolute atomic E-state index is 0.0492. The highest BCUT2D eigenvalue weighted by atomic mass is 32.1. The van der Waals surface area contributed by atoms with Gasteiger partial charge in [0.1, 0.15) is 10.7 Å². The summed E-state index contributed by atoms with van der Waals surface area (Å²) in [6, 6.07) is 14.9. The number of hydrogen-bond acceptors (Lipinski definition) is 4. The van der Waals surface area contributed by atoms with Crippen molar-refractivity contribution in [1.82, 2.24) is 14.2 Å². The molecule has 0 saturated carbocycles. The Kier molecular flexibility index (Phi) is 4.50. The van der Waals surface area contributed by atoms with Gasteiger partial charge in [-0.2, -0.15) is 9.78 Å². The zero-order valence-electron chi connectivity index (χ0n) is 18.3. The number of para-hydroxylation sites is 1. The van der Waals surface area contributed by atoms with Crippen molar-refractivity contribution >= 4 is 49.6 Å². The Labute approximate surface area is 189 Å². The highest BCUT2D eigenvalue weighted by Gasteiger charge is 2.21. The van der Waals surface area contributed by atoms with Gasteiger partial charge < -0.3 is 4.57 Å². The molecular formula is C26H24N4OS. The van der Waals surface area contributed by atoms with Gasteiger partial charge in [0.15, 0.2) is 0 Å². The van der Waals surface area contributed by atoms with Gasteiger partial charge in [-0.15, -0.1) is 11.3 Å². The Hall–Kier alpha value is -3.25. The molecule has 1 aliphatic carbocycles. The van der Waals surface area contributed by atoms with Crippen molar-refractivity contribution in [2.24, 2.45) is 5.10 Å². The lowest BCUT2D eigenvalue weighted by Crippen LogP contribution is -2.21. The molecule has 0 saturated heterocycles. The van der Waals surface area contributed by atoms with Crippen LogP contribution >= 0.6 is 11.3 Å². The summed E-state index contributed by atoms with van der Waals surface area (Å²) in [6.45, 7) is 4.94. The number of rotatable bonds is 3. The van der Waals surface area contributed by atoms with E-state index < -0.39 is 0 Å². The standard InChI is InChI=1S/C26H24N4OS/c1-3-29-21-10-6-4-8-18(21)20-14-17(12-13-22(20)29)15-27-30-16(2)28-25-24(26(30)31)19-9-5-7-11-23(19)32-25/h4,6,8,10,12-15H,3,5,7,9,11H2,1-2H3/b27-15-. The summed E-state index contributed by atoms with van der Waals surface area (Å²) >= 11 is 1.68. The average molecular weight is 441 g/mol. The molecule has 160 valence electrons. The van der Waals surface area contributed by atoms with Crippen molar-refractivity contribution in [2.45, 2.75) is 46.1 Å². The summed E-state index contributed by atoms with van der Waals surface area (Å²) in [4.78, 5) is 20.3. The molecule has 0 bridgehead atoms. The SMILES string of the molecule is CCn1c2ccccc2c2cc(/C=N\n3c(C)nc4sc5c(c4c3=O)CCCC5)ccc21. The zero-order chi connectivity index (χ0) is 21.8. The fourth-order valence-electron chi connectivity index (χ4n) is 5.05. The normalized spacial score (nSPS) is 14.2. The lowest BCUT2D eigenvalue weighted by Gasteiger charge is -2.10. The van der Waals surface area contributed by atoms with E-state index in [9.17, 15) is 4.79 Å². The largest absolute Gasteiger partial charge is 0.341 e. The van der Waals surface area contributed by atoms with Crippen LogP contribution in [-0.2, 0) is 19.4 Å². The van der Waals surface area contributed by atoms with Gasteiger partial charge in [-0.3, -0.25) is 4.79 Å². The molecule has 6 heteroatoms. The number of aromatic nitrogens is 3. The molecule has 5 nitrogen and oxygen atoms in total. The fraction of sp³-hybridized carbons (Fsp3) is 0.269. The van der Waals surface area contributed by atoms with Gasteiger partial charge in [0.05, 0.1) is 11.6 Å². The minimum atomic E-state index is -0.0492. The maximum absolute atomic E-state index is 13.3. The number of fused-ring (bicyclic) bond motifs is 6. The van der Waals surface area contributed by atoms with Crippen LogP contribution in [0.2, 0.25) is 0 Å². The van der Waals surface area contributed by atoms with E-state index >= 15 is 0 Å². The Morgan fingerprint density at radius 2 is 1.91 bits per heavy atom. The third-order valence-electron chi connectivity index (χ3n) is 6.56. The molecule has 3 aromatic heterocycles. The first kappa shape index (κ1) is 19.4. The molecule has 0 unspecified atom stereocenters. The molecule has 0 atom stereocenters. The minimum Gasteiger partial charge on any atom is -0.341 e. The van der Waals surface area contributed by atoms with Gasteiger partial charge in [-0.05, 0) is 68.9 Å². The fourth-order valence-corrected chi connectivity index (χ4v) is 6.35. The molecule has 0 fully saturated rings. The quantitative estimate of drug-likeness (QED) is 0.340. The van der Waals surface area contributed by atoms with Crippen LogP contribution in [0, 0.1) is 6.92 Å². The van der Waals surface area contributed by atoms with Gasteiger partial charge in [-0.25, -0.2) is 4.98 Å². The monoisotopic (exact) mass is 440 g/mol. The summed E-state index contributed by atoms with van der Waals surface area (Å²) in [5.74, 6) is 0.626. The van der Waals surface area contributed by atoms with Crippen LogP contribution in [0.5, 0.6) is 0 Å². The summed E-state index contributed by atoms with van der Waals surface area (Å²) in [5, 5.41) is 7.80. The molecule has 0 spiro atoms. The van der Waals surface area contributed by atoms with Crippen LogP contribution in [0.1, 0.15) is 41.6 Å². The third-order valence-corrected chi connectivity index (χ3v) is 7.75. The molecule has 0 N–H and O–H groups in total. The number of benzene rings is 2. The van der Waals surface area contributed by atoms with Gasteiger partial charge in [0.2, 0.25) is 0 Å². The van der Waals surface area contributed by atoms with Crippen molar-refractivity contribution in [3.05, 3.63) is 74.6 Å². The van der Waals surface area contributed by atoms with Crippen LogP contribution in [0.3, 0.4) is 0 Å². The first-order valence-electron chi connectivity index (χ1n) is 11.2. The highest BCUT2D eigenvalue weighted by Crippen LogP contribution is 2.34. The van der Waals surface area contributed by atoms with Gasteiger partial charge in [0.25, 0.3) is 5.56 Å². The first-order chi connectivity index (χ1) is 15.7. The summed E-state index contributed by atoms with van der Waals surface area (Å²) in [6.07, 6.45) is 6.14. The average Bonchev–Trinajstić information content (AvgIpc) is 3.33. The molecule has 6 rings (SSSR count). The van der Waals surface area contributed by atoms with Crippen molar-refractivity contribution in [1.29, 1.82) is 0 Å². The van der Waals surface area contributed by atoms with E-state index in [-0.39, 0.29) is 5.56 Å². The maximum Gasteiger partial charge on any atom is 0.283 e. The summed E-state index contributed by atoms with van der Waals surface area (Å²) < 4.78 is 3.79. The Bertz CT molecular complexity index is 1600. The van der Waals surface area contributed by atoms with Crippen LogP contribution in [0.25, 0.3) is 32.0 Å². The number of hydrogen-bond donors (Lipinski definition) is 0. The van der Waals surface area contributed by atoms with Gasteiger partial charge in [-0.1, -0.05) is 24.3 Å². The predicted octanol–water partition coefficient (Wildman–Crippen LogP) is 5.66. The zero-order valence-corrected chi connectivity index (χ0v) is 19.1. The Morgan fingerprint density at radius 3 is 2.78 bits per heavy atom. The lowest BCUT2D eigenvalue weighted by molar-refractivity contribution is 0.698. The molecular weight excluding hydrogens is 416 g/mol. The third kappa shape index (κ3) is 2.86. The summed E-state index contributed by atoms with van der Waals surface area (Å²) in [7, 11) is 0. The van der Waals surface area contributed by atoms with Crippen molar-refractivity contribution in [3.63, 3.8) is 0 Å². The van der Waals surface area contributed by atoms with Crippen molar-refractivity contribution in [2.75, 3.05) is 0 Å². The van der Waals surface area contributed by atoms with E-state index in [2.05, 4.69) is 59.1 Å². The second-order valence-electron chi connectivity index (χ2n) is 8.45. The van der Waals surface area contributed by atoms with Crippen LogP contribution in [-0.4, -0.2) is 20.4 Å². The van der Waals surface area contributed by atoms with E-state index in [4.69, 9.17) is 4.98 Å². The molecule has 0 amide bonds. The first-order valence-corrected chi connectivity index (χ1v) is 12.1. The maximum atomic E-state index is 13.3. The van der Waals surface area contributed by atoms with E-state index in [0.29, 0.717) is 5.82 Å². The van der Waals surface area contributed by atoms with Gasteiger partial charge in [0, 0.05) is 33.2 Å². The van der Waals surface area contributed by atoms with Crippen LogP contribution < -0.4 is 5.56 Å². The van der Waals surface area contributed by atoms with E-state index in [1.54, 1.807) is 17.6 Å². The molecule has 1 aliphatic rings. The lowest BCUT2D eigenvalue weighted by atomic mass is 9.97. The number of aryl methyl sites for hydroxylation is 4. The van der Waals surface area contributed by atoms with E-state index in [0.717, 1.165) is 41.6 Å². The van der Waals surface area contributed by atoms with Crippen LogP contribution in [0.4, 0.5) is 0 Å². The molecule has 5 aromatic rings. The van der Waals surface area contributed by atoms with Gasteiger partial charge >= 0.3 is 0 Å². The molecule has 3 heterocycles. The van der Waals surface area contributed by atoms with Crippen molar-refractivity contribution < 1.29 is 0 Å². The molecule has 2 aromatic carbocycles. The van der Waals surface area contributed by atoms with Crippen molar-refractivity contribution in [3.8, 4) is 0 Å². The molecule has 0 aliphatic heterocycles. The second kappa shape index (κ2) is 7.41. The van der Waals surface area contributed by atoms with E-state index in [1.165, 1.54) is 43.3 Å². The Balaban J connectivity index is 1.47. The predicted molar refractivity (Wildman–Crippen MR) is 133 cm³/mol. The topological polar surface area (TPSA) is 52.2 Å². The molecule has 0 radical (unpaired) electrons. The number of thiophene rings is 1.